The van der Waals surface area contributed by atoms with Crippen LogP contribution in [-0.2, 0) is 19.1 Å². The van der Waals surface area contributed by atoms with Gasteiger partial charge in [-0.3, -0.25) is 9.69 Å². The zero-order valence-corrected chi connectivity index (χ0v) is 17.3. The van der Waals surface area contributed by atoms with E-state index < -0.39 is 18.1 Å². The van der Waals surface area contributed by atoms with E-state index in [0.717, 1.165) is 11.1 Å². The lowest BCUT2D eigenvalue weighted by molar-refractivity contribution is -0.153. The smallest absolute Gasteiger partial charge is 0.359 e. The molecule has 0 aliphatic carbocycles. The molecule has 0 unspecified atom stereocenters. The van der Waals surface area contributed by atoms with Gasteiger partial charge in [0.15, 0.2) is 11.8 Å². The maximum Gasteiger partial charge on any atom is 0.359 e. The number of thioether (sulfide) groups is 1. The molecule has 0 bridgehead atoms. The highest BCUT2D eigenvalue weighted by Gasteiger charge is 2.53. The molecule has 2 heterocycles. The van der Waals surface area contributed by atoms with E-state index in [1.165, 1.54) is 23.8 Å². The molecular formula is C21H21ClN2O4S. The van der Waals surface area contributed by atoms with Crippen LogP contribution < -0.4 is 5.73 Å². The second-order valence-electron chi connectivity index (χ2n) is 6.52. The molecule has 152 valence electrons. The predicted octanol–water partition coefficient (Wildman–Crippen LogP) is 2.84. The Kier molecular flexibility index (Phi) is 6.52. The molecule has 0 spiro atoms. The average Bonchev–Trinajstić information content (AvgIpc) is 2.76. The number of ether oxygens (including phenoxy) is 2. The molecule has 1 fully saturated rings. The number of carbonyl (C=O) groups is 2. The Balaban J connectivity index is 0.00000240. The summed E-state index contributed by atoms with van der Waals surface area (Å²) in [5, 5.41) is -0.263. The van der Waals surface area contributed by atoms with E-state index in [0.29, 0.717) is 11.5 Å². The van der Waals surface area contributed by atoms with E-state index in [1.807, 2.05) is 60.7 Å². The lowest BCUT2D eigenvalue weighted by Gasteiger charge is -2.47. The van der Waals surface area contributed by atoms with Gasteiger partial charge in [0.25, 0.3) is 0 Å². The molecule has 2 atom stereocenters. The van der Waals surface area contributed by atoms with Crippen LogP contribution in [0.1, 0.15) is 17.2 Å². The lowest BCUT2D eigenvalue weighted by Crippen LogP contribution is -2.68. The highest BCUT2D eigenvalue weighted by molar-refractivity contribution is 8.00. The van der Waals surface area contributed by atoms with Crippen LogP contribution in [0.25, 0.3) is 0 Å². The summed E-state index contributed by atoms with van der Waals surface area (Å²) >= 11 is 1.48. The normalized spacial score (nSPS) is 20.5. The van der Waals surface area contributed by atoms with E-state index >= 15 is 0 Å². The lowest BCUT2D eigenvalue weighted by atomic mass is 10.0. The number of halogens is 1. The van der Waals surface area contributed by atoms with Crippen LogP contribution in [0.4, 0.5) is 0 Å². The number of hydrogen-bond donors (Lipinski definition) is 1. The van der Waals surface area contributed by atoms with Gasteiger partial charge in [-0.05, 0) is 11.1 Å². The third-order valence-electron chi connectivity index (χ3n) is 4.84. The Morgan fingerprint density at radius 2 is 1.66 bits per heavy atom. The van der Waals surface area contributed by atoms with Crippen molar-refractivity contribution in [3.63, 3.8) is 0 Å². The number of benzene rings is 2. The number of β-lactam (4-membered cyclic amide) rings is 1. The van der Waals surface area contributed by atoms with Gasteiger partial charge >= 0.3 is 5.97 Å². The summed E-state index contributed by atoms with van der Waals surface area (Å²) in [4.78, 5) is 26.8. The Labute approximate surface area is 179 Å². The Morgan fingerprint density at radius 1 is 1.10 bits per heavy atom. The predicted molar refractivity (Wildman–Crippen MR) is 113 cm³/mol. The maximum atomic E-state index is 13.2. The zero-order chi connectivity index (χ0) is 19.7. The van der Waals surface area contributed by atoms with Gasteiger partial charge in [0, 0.05) is 0 Å². The van der Waals surface area contributed by atoms with Gasteiger partial charge in [-0.25, -0.2) is 4.79 Å². The van der Waals surface area contributed by atoms with E-state index in [4.69, 9.17) is 15.2 Å². The Morgan fingerprint density at radius 3 is 2.17 bits per heavy atom. The van der Waals surface area contributed by atoms with Gasteiger partial charge in [0.1, 0.15) is 17.2 Å². The van der Waals surface area contributed by atoms with Crippen molar-refractivity contribution in [2.45, 2.75) is 17.5 Å². The minimum Gasteiger partial charge on any atom is -0.498 e. The molecule has 29 heavy (non-hydrogen) atoms. The first-order valence-electron chi connectivity index (χ1n) is 8.90. The van der Waals surface area contributed by atoms with Gasteiger partial charge in [-0.15, -0.1) is 24.2 Å². The fourth-order valence-corrected chi connectivity index (χ4v) is 4.64. The van der Waals surface area contributed by atoms with Crippen LogP contribution >= 0.6 is 24.2 Å². The third-order valence-corrected chi connectivity index (χ3v) is 6.12. The molecular weight excluding hydrogens is 412 g/mol. The maximum absolute atomic E-state index is 13.2. The summed E-state index contributed by atoms with van der Waals surface area (Å²) in [7, 11) is 1.49. The van der Waals surface area contributed by atoms with Gasteiger partial charge in [-0.2, -0.15) is 0 Å². The second-order valence-corrected chi connectivity index (χ2v) is 7.62. The number of nitrogens with two attached hydrogens (primary N) is 1. The van der Waals surface area contributed by atoms with Crippen LogP contribution in [0.3, 0.4) is 0 Å². The highest BCUT2D eigenvalue weighted by atomic mass is 35.5. The molecule has 8 heteroatoms. The molecule has 2 aliphatic heterocycles. The van der Waals surface area contributed by atoms with E-state index in [1.54, 1.807) is 0 Å². The number of hydrogen-bond acceptors (Lipinski definition) is 6. The quantitative estimate of drug-likeness (QED) is 0.578. The molecule has 0 aromatic heterocycles. The van der Waals surface area contributed by atoms with Crippen LogP contribution in [0, 0.1) is 0 Å². The highest BCUT2D eigenvalue weighted by Crippen LogP contribution is 2.40. The molecule has 2 aromatic carbocycles. The molecule has 1 amide bonds. The molecule has 0 saturated carbocycles. The average molecular weight is 433 g/mol. The standard InChI is InChI=1S/C21H20N2O4S.ClH/c1-26-15-12-28-20-16(22)19(24)23(20)17(15)21(25)27-18(13-8-4-2-5-9-13)14-10-6-3-7-11-14;/h2-11,16,18,20H,12,22H2,1H3;1H/t16-,20-;/m1./s1. The first kappa shape index (κ1) is 21.2. The Hall–Kier alpha value is -2.48. The van der Waals surface area contributed by atoms with Crippen LogP contribution in [0.15, 0.2) is 72.1 Å². The van der Waals surface area contributed by atoms with E-state index in [9.17, 15) is 9.59 Å². The minimum atomic E-state index is -0.606. The van der Waals surface area contributed by atoms with Crippen molar-refractivity contribution in [3.8, 4) is 0 Å². The number of esters is 1. The van der Waals surface area contributed by atoms with Crippen LogP contribution in [0.2, 0.25) is 0 Å². The molecule has 2 aliphatic rings. The van der Waals surface area contributed by atoms with Gasteiger partial charge in [0.2, 0.25) is 5.91 Å². The second kappa shape index (κ2) is 8.90. The summed E-state index contributed by atoms with van der Waals surface area (Å²) in [5.74, 6) is -0.00844. The van der Waals surface area contributed by atoms with Crippen LogP contribution in [0.5, 0.6) is 0 Å². The number of carbonyl (C=O) groups excluding carboxylic acids is 2. The summed E-state index contributed by atoms with van der Waals surface area (Å²) in [6.07, 6.45) is -0.599. The largest absolute Gasteiger partial charge is 0.498 e. The minimum absolute atomic E-state index is 0. The zero-order valence-electron chi connectivity index (χ0n) is 15.7. The van der Waals surface area contributed by atoms with Gasteiger partial charge in [-0.1, -0.05) is 60.7 Å². The van der Waals surface area contributed by atoms with Crippen LogP contribution in [-0.4, -0.2) is 41.1 Å². The fourth-order valence-electron chi connectivity index (χ4n) is 3.38. The van der Waals surface area contributed by atoms with Gasteiger partial charge < -0.3 is 15.2 Å². The molecule has 0 radical (unpaired) electrons. The Bertz CT molecular complexity index is 883. The molecule has 2 aromatic rings. The summed E-state index contributed by atoms with van der Waals surface area (Å²) in [6, 6.07) is 18.4. The number of methoxy groups -OCH3 is 1. The number of nitrogens with zero attached hydrogens (tertiary/aromatic N) is 1. The van der Waals surface area contributed by atoms with Crippen molar-refractivity contribution in [1.82, 2.24) is 4.90 Å². The van der Waals surface area contributed by atoms with Crippen molar-refractivity contribution in [3.05, 3.63) is 83.2 Å². The molecule has 4 rings (SSSR count). The summed E-state index contributed by atoms with van der Waals surface area (Å²) < 4.78 is 11.3. The monoisotopic (exact) mass is 432 g/mol. The molecule has 2 N–H and O–H groups in total. The van der Waals surface area contributed by atoms with E-state index in [-0.39, 0.29) is 29.4 Å². The third kappa shape index (κ3) is 3.85. The number of rotatable bonds is 5. The van der Waals surface area contributed by atoms with E-state index in [2.05, 4.69) is 0 Å². The van der Waals surface area contributed by atoms with Crippen molar-refractivity contribution in [2.24, 2.45) is 5.73 Å². The van der Waals surface area contributed by atoms with Crippen molar-refractivity contribution in [2.75, 3.05) is 12.9 Å². The summed E-state index contributed by atoms with van der Waals surface area (Å²) in [6.45, 7) is 0. The fraction of sp³-hybridized carbons (Fsp3) is 0.238. The molecule has 6 nitrogen and oxygen atoms in total. The van der Waals surface area contributed by atoms with Crippen molar-refractivity contribution >= 4 is 36.0 Å². The first-order chi connectivity index (χ1) is 13.6. The number of fused-ring (bicyclic) bond motifs is 1. The molecule has 1 saturated heterocycles. The first-order valence-corrected chi connectivity index (χ1v) is 9.95. The SMILES string of the molecule is COC1=C(C(=O)OC(c2ccccc2)c2ccccc2)N2C(=O)[C@@H](N)[C@H]2SC1.Cl. The number of amides is 1. The van der Waals surface area contributed by atoms with Gasteiger partial charge in [0.05, 0.1) is 12.9 Å². The van der Waals surface area contributed by atoms with Crippen molar-refractivity contribution < 1.29 is 19.1 Å². The van der Waals surface area contributed by atoms with Crippen molar-refractivity contribution in [1.29, 1.82) is 0 Å². The topological polar surface area (TPSA) is 81.9 Å². The summed E-state index contributed by atoms with van der Waals surface area (Å²) in [5.41, 5.74) is 7.71.